The van der Waals surface area contributed by atoms with Gasteiger partial charge in [-0.25, -0.2) is 0 Å². The Balaban J connectivity index is 0.00000106. The summed E-state index contributed by atoms with van der Waals surface area (Å²) >= 11 is 5.47. The molecule has 0 unspecified atom stereocenters. The second-order valence-corrected chi connectivity index (χ2v) is 2.78. The van der Waals surface area contributed by atoms with Crippen LogP contribution in [0.5, 0.6) is 0 Å². The Hall–Kier alpha value is -2.47. The highest BCUT2D eigenvalue weighted by atomic mass is 35.5. The van der Waals surface area contributed by atoms with E-state index < -0.39 is 21.2 Å². The number of benzene rings is 1. The number of hydrogen-bond donors (Lipinski definition) is 1. The van der Waals surface area contributed by atoms with Gasteiger partial charge in [0.15, 0.2) is 0 Å². The Labute approximate surface area is 93.1 Å². The maximum atomic E-state index is 10.4. The number of rotatable bonds is 2. The number of nitro groups is 2. The molecule has 9 nitrogen and oxygen atoms in total. The van der Waals surface area contributed by atoms with E-state index in [1.807, 2.05) is 0 Å². The molecule has 0 radical (unpaired) electrons. The molecule has 0 spiro atoms. The first kappa shape index (κ1) is 13.5. The fourth-order valence-electron chi connectivity index (χ4n) is 0.846. The Morgan fingerprint density at radius 1 is 1.19 bits per heavy atom. The first-order valence-electron chi connectivity index (χ1n) is 3.51. The van der Waals surface area contributed by atoms with Crippen LogP contribution in [0, 0.1) is 31.0 Å². The van der Waals surface area contributed by atoms with Crippen LogP contribution in [0.4, 0.5) is 17.1 Å². The van der Waals surface area contributed by atoms with Gasteiger partial charge in [0.2, 0.25) is 0 Å². The molecule has 0 saturated heterocycles. The maximum absolute atomic E-state index is 10.4. The highest BCUT2D eigenvalue weighted by Gasteiger charge is 2.20. The molecule has 1 rings (SSSR count). The molecule has 0 saturated carbocycles. The minimum Gasteiger partial charge on any atom is -0.392 e. The summed E-state index contributed by atoms with van der Waals surface area (Å²) in [5.41, 5.74) is 3.95. The van der Waals surface area contributed by atoms with E-state index >= 15 is 0 Å². The first-order valence-corrected chi connectivity index (χ1v) is 3.89. The van der Waals surface area contributed by atoms with Gasteiger partial charge in [-0.2, -0.15) is 0 Å². The average Bonchev–Trinajstić information content (AvgIpc) is 2.24. The summed E-state index contributed by atoms with van der Waals surface area (Å²) in [5.74, 6) is 0. The standard InChI is InChI=1S/C6H4ClN3O4.N2/c7-4-1-3(9(11)12)2-5(6(4)8)10(13)14;1-2/h1-2H,8H2;. The summed E-state index contributed by atoms with van der Waals surface area (Å²) in [5, 5.41) is 32.5. The van der Waals surface area contributed by atoms with Crippen molar-refractivity contribution in [3.8, 4) is 0 Å². The third-order valence-electron chi connectivity index (χ3n) is 1.50. The molecule has 0 aliphatic heterocycles. The van der Waals surface area contributed by atoms with Crippen LogP contribution in [0.15, 0.2) is 12.1 Å². The van der Waals surface area contributed by atoms with Gasteiger partial charge in [-0.15, -0.1) is 0 Å². The van der Waals surface area contributed by atoms with Crippen molar-refractivity contribution in [2.45, 2.75) is 0 Å². The molecular formula is C6H4ClN5O4. The van der Waals surface area contributed by atoms with Crippen LogP contribution in [0.3, 0.4) is 0 Å². The van der Waals surface area contributed by atoms with E-state index in [9.17, 15) is 20.2 Å². The van der Waals surface area contributed by atoms with Gasteiger partial charge in [-0.05, 0) is 0 Å². The number of non-ortho nitro benzene ring substituents is 1. The highest BCUT2D eigenvalue weighted by Crippen LogP contribution is 2.33. The number of nitro benzene ring substituents is 2. The average molecular weight is 246 g/mol. The summed E-state index contributed by atoms with van der Waals surface area (Å²) < 4.78 is 0. The number of nitrogen functional groups attached to an aromatic ring is 1. The molecule has 10 heteroatoms. The van der Waals surface area contributed by atoms with Crippen LogP contribution < -0.4 is 5.73 Å². The predicted molar refractivity (Wildman–Crippen MR) is 52.6 cm³/mol. The summed E-state index contributed by atoms with van der Waals surface area (Å²) in [7, 11) is 0. The van der Waals surface area contributed by atoms with E-state index in [1.54, 1.807) is 0 Å². The SMILES string of the molecule is N#N.Nc1c(Cl)cc([N+](=O)[O-])cc1[N+](=O)[O-]. The Bertz CT molecular complexity index is 460. The minimum absolute atomic E-state index is 0.203. The Morgan fingerprint density at radius 2 is 1.69 bits per heavy atom. The molecule has 0 heterocycles. The van der Waals surface area contributed by atoms with Gasteiger partial charge in [-0.1, -0.05) is 11.6 Å². The molecule has 2 N–H and O–H groups in total. The van der Waals surface area contributed by atoms with Gasteiger partial charge in [0.05, 0.1) is 20.9 Å². The lowest BCUT2D eigenvalue weighted by molar-refractivity contribution is -0.393. The molecule has 84 valence electrons. The third-order valence-corrected chi connectivity index (χ3v) is 1.81. The van der Waals surface area contributed by atoms with Crippen LogP contribution in [0.1, 0.15) is 0 Å². The number of nitrogens with zero attached hydrogens (tertiary/aromatic N) is 4. The van der Waals surface area contributed by atoms with Gasteiger partial charge in [0.25, 0.3) is 5.69 Å². The van der Waals surface area contributed by atoms with E-state index in [4.69, 9.17) is 28.1 Å². The maximum Gasteiger partial charge on any atom is 0.300 e. The van der Waals surface area contributed by atoms with Gasteiger partial charge in [-0.3, -0.25) is 20.2 Å². The highest BCUT2D eigenvalue weighted by molar-refractivity contribution is 6.33. The van der Waals surface area contributed by atoms with Crippen molar-refractivity contribution < 1.29 is 9.85 Å². The molecule has 0 fully saturated rings. The van der Waals surface area contributed by atoms with Crippen molar-refractivity contribution in [1.29, 1.82) is 10.8 Å². The topological polar surface area (TPSA) is 160 Å². The van der Waals surface area contributed by atoms with Crippen molar-refractivity contribution in [2.24, 2.45) is 0 Å². The molecular weight excluding hydrogens is 242 g/mol. The monoisotopic (exact) mass is 245 g/mol. The van der Waals surface area contributed by atoms with Crippen molar-refractivity contribution in [2.75, 3.05) is 5.73 Å². The van der Waals surface area contributed by atoms with E-state index in [1.165, 1.54) is 0 Å². The van der Waals surface area contributed by atoms with Crippen molar-refractivity contribution >= 4 is 28.7 Å². The van der Waals surface area contributed by atoms with Gasteiger partial charge < -0.3 is 5.73 Å². The molecule has 0 amide bonds. The van der Waals surface area contributed by atoms with E-state index in [0.29, 0.717) is 0 Å². The lowest BCUT2D eigenvalue weighted by Crippen LogP contribution is -1.98. The fourth-order valence-corrected chi connectivity index (χ4v) is 1.05. The molecule has 1 aromatic rings. The van der Waals surface area contributed by atoms with Crippen LogP contribution in [0.25, 0.3) is 0 Å². The van der Waals surface area contributed by atoms with Gasteiger partial charge in [0, 0.05) is 16.9 Å². The molecule has 0 aromatic heterocycles. The zero-order chi connectivity index (χ0) is 12.9. The molecule has 0 aliphatic carbocycles. The van der Waals surface area contributed by atoms with Crippen LogP contribution in [-0.4, -0.2) is 9.85 Å². The quantitative estimate of drug-likeness (QED) is 0.359. The second-order valence-electron chi connectivity index (χ2n) is 2.37. The van der Waals surface area contributed by atoms with Crippen LogP contribution in [-0.2, 0) is 0 Å². The molecule has 0 bridgehead atoms. The third kappa shape index (κ3) is 2.76. The Kier molecular flexibility index (Phi) is 4.58. The minimum atomic E-state index is -0.825. The molecule has 1 aromatic carbocycles. The zero-order valence-electron chi connectivity index (χ0n) is 7.53. The molecule has 16 heavy (non-hydrogen) atoms. The second kappa shape index (κ2) is 5.42. The molecule has 0 atom stereocenters. The normalized spacial score (nSPS) is 8.69. The smallest absolute Gasteiger partial charge is 0.300 e. The lowest BCUT2D eigenvalue weighted by atomic mass is 10.2. The van der Waals surface area contributed by atoms with Crippen molar-refractivity contribution in [3.63, 3.8) is 0 Å². The summed E-state index contributed by atoms with van der Waals surface area (Å²) in [6.45, 7) is 0. The number of anilines is 1. The molecule has 0 aliphatic rings. The summed E-state index contributed by atoms with van der Waals surface area (Å²) in [6.07, 6.45) is 0. The number of nitrogens with two attached hydrogens (primary N) is 1. The first-order chi connectivity index (χ1) is 7.43. The number of hydrogen-bond acceptors (Lipinski definition) is 7. The van der Waals surface area contributed by atoms with Crippen LogP contribution in [0.2, 0.25) is 5.02 Å². The fraction of sp³-hybridized carbons (Fsp3) is 0. The van der Waals surface area contributed by atoms with Gasteiger partial charge in [0.1, 0.15) is 5.69 Å². The summed E-state index contributed by atoms with van der Waals surface area (Å²) in [4.78, 5) is 19.1. The zero-order valence-corrected chi connectivity index (χ0v) is 8.29. The van der Waals surface area contributed by atoms with Crippen LogP contribution >= 0.6 is 11.6 Å². The van der Waals surface area contributed by atoms with Crippen molar-refractivity contribution in [3.05, 3.63) is 37.4 Å². The lowest BCUT2D eigenvalue weighted by Gasteiger charge is -1.99. The van der Waals surface area contributed by atoms with Crippen molar-refractivity contribution in [1.82, 2.24) is 0 Å². The van der Waals surface area contributed by atoms with Gasteiger partial charge >= 0.3 is 5.69 Å². The number of halogens is 1. The predicted octanol–water partition coefficient (Wildman–Crippen LogP) is 1.77. The van der Waals surface area contributed by atoms with E-state index in [2.05, 4.69) is 0 Å². The largest absolute Gasteiger partial charge is 0.392 e. The Morgan fingerprint density at radius 3 is 2.06 bits per heavy atom. The van der Waals surface area contributed by atoms with E-state index in [0.717, 1.165) is 12.1 Å². The van der Waals surface area contributed by atoms with E-state index in [-0.39, 0.29) is 10.7 Å². The summed E-state index contributed by atoms with van der Waals surface area (Å²) in [6, 6.07) is 1.73.